The fourth-order valence-corrected chi connectivity index (χ4v) is 4.85. The lowest BCUT2D eigenvalue weighted by Gasteiger charge is -2.20. The lowest BCUT2D eigenvalue weighted by molar-refractivity contribution is -0.193. The van der Waals surface area contributed by atoms with Crippen molar-refractivity contribution >= 4 is 22.8 Å². The van der Waals surface area contributed by atoms with E-state index < -0.39 is 24.3 Å². The largest absolute Gasteiger partial charge is 0.490 e. The van der Waals surface area contributed by atoms with E-state index in [-0.39, 0.29) is 11.7 Å². The molecule has 4 heterocycles. The minimum Gasteiger partial charge on any atom is -0.475 e. The number of hydrogen-bond acceptors (Lipinski definition) is 8. The molecule has 0 radical (unpaired) electrons. The normalized spacial score (nSPS) is 19.0. The van der Waals surface area contributed by atoms with Gasteiger partial charge in [0, 0.05) is 30.9 Å². The molecule has 3 N–H and O–H groups in total. The van der Waals surface area contributed by atoms with Crippen molar-refractivity contribution in [1.82, 2.24) is 30.1 Å². The molecule has 244 valence electrons. The van der Waals surface area contributed by atoms with Gasteiger partial charge in [-0.1, -0.05) is 26.0 Å². The summed E-state index contributed by atoms with van der Waals surface area (Å²) in [7, 11) is 0. The van der Waals surface area contributed by atoms with Gasteiger partial charge in [-0.2, -0.15) is 41.1 Å². The summed E-state index contributed by atoms with van der Waals surface area (Å²) in [5.41, 5.74) is 1.24. The monoisotopic (exact) mass is 640 g/mol. The minimum atomic E-state index is -5.08. The molecular formula is C26H31F7N6O5. The highest BCUT2D eigenvalue weighted by atomic mass is 19.4. The van der Waals surface area contributed by atoms with E-state index in [0.29, 0.717) is 29.3 Å². The van der Waals surface area contributed by atoms with Crippen LogP contribution in [0.5, 0.6) is 0 Å². The summed E-state index contributed by atoms with van der Waals surface area (Å²) in [4.78, 5) is 24.9. The third kappa shape index (κ3) is 9.35. The van der Waals surface area contributed by atoms with E-state index in [4.69, 9.17) is 24.3 Å². The smallest absolute Gasteiger partial charge is 0.475 e. The summed E-state index contributed by atoms with van der Waals surface area (Å²) in [5, 5.41) is 27.3. The van der Waals surface area contributed by atoms with Gasteiger partial charge in [-0.15, -0.1) is 0 Å². The van der Waals surface area contributed by atoms with Gasteiger partial charge in [0.2, 0.25) is 5.89 Å². The van der Waals surface area contributed by atoms with Gasteiger partial charge in [0.25, 0.3) is 5.95 Å². The van der Waals surface area contributed by atoms with Crippen molar-refractivity contribution < 1.29 is 55.1 Å². The molecule has 0 aliphatic carbocycles. The fourth-order valence-electron chi connectivity index (χ4n) is 4.85. The predicted molar refractivity (Wildman–Crippen MR) is 140 cm³/mol. The van der Waals surface area contributed by atoms with Gasteiger partial charge in [-0.25, -0.2) is 14.0 Å². The molecule has 3 aromatic rings. The maximum absolute atomic E-state index is 14.6. The van der Waals surface area contributed by atoms with Gasteiger partial charge in [0.1, 0.15) is 11.3 Å². The summed E-state index contributed by atoms with van der Waals surface area (Å²) in [6.45, 7) is 8.55. The molecule has 2 fully saturated rings. The predicted octanol–water partition coefficient (Wildman–Crippen LogP) is 4.55. The Morgan fingerprint density at radius 2 is 1.73 bits per heavy atom. The number of carboxylic acid groups (broad SMARTS) is 2. The lowest BCUT2D eigenvalue weighted by atomic mass is 10.1. The second-order valence-corrected chi connectivity index (χ2v) is 10.6. The van der Waals surface area contributed by atoms with Crippen LogP contribution in [0.15, 0.2) is 22.7 Å². The number of benzene rings is 1. The molecule has 1 aromatic carbocycles. The molecule has 0 bridgehead atoms. The molecular weight excluding hydrogens is 609 g/mol. The average Bonchev–Trinajstić information content (AvgIpc) is 3.72. The Bertz CT molecular complexity index is 1390. The van der Waals surface area contributed by atoms with Crippen LogP contribution >= 0.6 is 0 Å². The maximum atomic E-state index is 14.6. The van der Waals surface area contributed by atoms with Gasteiger partial charge in [-0.3, -0.25) is 0 Å². The Morgan fingerprint density at radius 1 is 1.09 bits per heavy atom. The number of carboxylic acids is 2. The number of halogens is 7. The number of nitrogens with zero attached hydrogens (tertiary/aromatic N) is 5. The van der Waals surface area contributed by atoms with Crippen LogP contribution in [0.2, 0.25) is 0 Å². The van der Waals surface area contributed by atoms with Crippen molar-refractivity contribution in [2.24, 2.45) is 5.92 Å². The summed E-state index contributed by atoms with van der Waals surface area (Å²) in [6.07, 6.45) is -5.71. The zero-order valence-corrected chi connectivity index (χ0v) is 23.6. The van der Waals surface area contributed by atoms with Crippen LogP contribution in [0.25, 0.3) is 16.9 Å². The number of fused-ring (bicyclic) bond motifs is 1. The fraction of sp³-hybridized carbons (Fsp3) is 0.577. The Morgan fingerprint density at radius 3 is 2.27 bits per heavy atom. The van der Waals surface area contributed by atoms with Crippen LogP contribution in [0.1, 0.15) is 50.6 Å². The van der Waals surface area contributed by atoms with E-state index >= 15 is 0 Å². The summed E-state index contributed by atoms with van der Waals surface area (Å²) in [5.74, 6) is -4.26. The first-order valence-electron chi connectivity index (χ1n) is 13.5. The van der Waals surface area contributed by atoms with Crippen LogP contribution < -0.4 is 5.32 Å². The lowest BCUT2D eigenvalue weighted by Crippen LogP contribution is -2.36. The Labute approximate surface area is 246 Å². The first kappa shape index (κ1) is 34.7. The number of aromatic nitrogens is 4. The first-order valence-corrected chi connectivity index (χ1v) is 13.5. The van der Waals surface area contributed by atoms with Crippen molar-refractivity contribution in [3.63, 3.8) is 0 Å². The Hall–Kier alpha value is -3.80. The number of nitrogens with one attached hydrogen (secondary N) is 1. The van der Waals surface area contributed by atoms with Gasteiger partial charge < -0.3 is 25.0 Å². The number of hydrogen-bond donors (Lipinski definition) is 3. The maximum Gasteiger partial charge on any atom is 0.490 e. The standard InChI is InChI=1S/C22H29FN6O.2C2HF3O2/c1-14(2)20-17-6-3-7-18(23)21(17)29(26-20)22-25-19(30-27-22)11-15-8-10-28(12-15)13-16-5-4-9-24-16;2*3-2(4,5)1(6)7/h3,6-7,14-16,24H,4-5,8-13H2,1-2H3;2*(H,6,7)/t15-,16+;;/m1../s1. The van der Waals surface area contributed by atoms with E-state index in [2.05, 4.69) is 25.5 Å². The number of para-hydroxylation sites is 1. The zero-order valence-electron chi connectivity index (χ0n) is 23.6. The van der Waals surface area contributed by atoms with Crippen molar-refractivity contribution in [2.75, 3.05) is 26.2 Å². The Balaban J connectivity index is 0.000000317. The van der Waals surface area contributed by atoms with Gasteiger partial charge in [0.15, 0.2) is 0 Å². The van der Waals surface area contributed by atoms with Crippen molar-refractivity contribution in [2.45, 2.75) is 63.8 Å². The quantitative estimate of drug-likeness (QED) is 0.328. The molecule has 0 spiro atoms. The molecule has 5 rings (SSSR count). The van der Waals surface area contributed by atoms with Crippen molar-refractivity contribution in [3.05, 3.63) is 35.6 Å². The zero-order chi connectivity index (χ0) is 32.8. The number of aliphatic carboxylic acids is 2. The summed E-state index contributed by atoms with van der Waals surface area (Å²) < 4.78 is 85.1. The van der Waals surface area contributed by atoms with Gasteiger partial charge >= 0.3 is 24.3 Å². The molecule has 2 aliphatic rings. The molecule has 0 unspecified atom stereocenters. The first-order chi connectivity index (χ1) is 20.5. The van der Waals surface area contributed by atoms with E-state index in [1.54, 1.807) is 6.07 Å². The van der Waals surface area contributed by atoms with Crippen LogP contribution in [-0.2, 0) is 16.0 Å². The van der Waals surface area contributed by atoms with Gasteiger partial charge in [-0.05, 0) is 55.4 Å². The topological polar surface area (TPSA) is 147 Å². The molecule has 18 heteroatoms. The number of likely N-dealkylation sites (tertiary alicyclic amines) is 1. The number of alkyl halides is 6. The molecule has 44 heavy (non-hydrogen) atoms. The van der Waals surface area contributed by atoms with Crippen LogP contribution in [0.4, 0.5) is 30.7 Å². The van der Waals surface area contributed by atoms with E-state index in [1.807, 2.05) is 19.9 Å². The molecule has 2 saturated heterocycles. The van der Waals surface area contributed by atoms with Crippen LogP contribution in [-0.4, -0.2) is 91.5 Å². The van der Waals surface area contributed by atoms with E-state index in [9.17, 15) is 30.7 Å². The molecule has 0 amide bonds. The molecule has 2 aromatic heterocycles. The number of carbonyl (C=O) groups is 2. The number of rotatable bonds is 6. The minimum absolute atomic E-state index is 0.167. The Kier molecular flexibility index (Phi) is 11.3. The third-order valence-electron chi connectivity index (χ3n) is 6.84. The van der Waals surface area contributed by atoms with Gasteiger partial charge in [0.05, 0.1) is 5.69 Å². The van der Waals surface area contributed by atoms with Crippen LogP contribution in [0, 0.1) is 11.7 Å². The molecule has 2 aliphatic heterocycles. The second-order valence-electron chi connectivity index (χ2n) is 10.6. The highest BCUT2D eigenvalue weighted by Gasteiger charge is 2.39. The highest BCUT2D eigenvalue weighted by Crippen LogP contribution is 2.29. The molecule has 0 saturated carbocycles. The molecule has 2 atom stereocenters. The second kappa shape index (κ2) is 14.3. The van der Waals surface area contributed by atoms with E-state index in [1.165, 1.54) is 23.6 Å². The summed E-state index contributed by atoms with van der Waals surface area (Å²) in [6, 6.07) is 5.68. The van der Waals surface area contributed by atoms with Crippen LogP contribution in [0.3, 0.4) is 0 Å². The third-order valence-corrected chi connectivity index (χ3v) is 6.84. The average molecular weight is 641 g/mol. The SMILES string of the molecule is CC(C)c1nn(-c2noc(C[C@H]3CCN(C[C@@H]4CCCN4)C3)n2)c2c(F)cccc12.O=C(O)C(F)(F)F.O=C(O)C(F)(F)F. The van der Waals surface area contributed by atoms with E-state index in [0.717, 1.165) is 50.1 Å². The van der Waals surface area contributed by atoms with Crippen molar-refractivity contribution in [3.8, 4) is 5.95 Å². The highest BCUT2D eigenvalue weighted by molar-refractivity contribution is 5.84. The summed E-state index contributed by atoms with van der Waals surface area (Å²) >= 11 is 0. The molecule has 11 nitrogen and oxygen atoms in total. The van der Waals surface area contributed by atoms with Crippen molar-refractivity contribution in [1.29, 1.82) is 0 Å².